The third-order valence-electron chi connectivity index (χ3n) is 4.97. The Labute approximate surface area is 194 Å². The van der Waals surface area contributed by atoms with E-state index in [0.29, 0.717) is 5.69 Å². The number of nitrogens with one attached hydrogen (secondary N) is 1. The second-order valence-electron chi connectivity index (χ2n) is 7.35. The molecule has 0 unspecified atom stereocenters. The number of aryl methyl sites for hydroxylation is 1. The quantitative estimate of drug-likeness (QED) is 0.249. The zero-order valence-electron chi connectivity index (χ0n) is 17.4. The molecule has 1 fully saturated rings. The summed E-state index contributed by atoms with van der Waals surface area (Å²) in [4.78, 5) is 36.5. The molecule has 1 aliphatic rings. The summed E-state index contributed by atoms with van der Waals surface area (Å²) in [5.74, 6) is -1.33. The third-order valence-corrected chi connectivity index (χ3v) is 5.19. The van der Waals surface area contributed by atoms with Crippen molar-refractivity contribution >= 4 is 40.9 Å². The van der Waals surface area contributed by atoms with Gasteiger partial charge in [0.25, 0.3) is 11.8 Å². The number of anilines is 1. The molecule has 0 saturated carbocycles. The highest BCUT2D eigenvalue weighted by Gasteiger charge is 2.35. The fraction of sp³-hybridized carbons (Fsp3) is 0.0833. The minimum absolute atomic E-state index is 0.0508. The van der Waals surface area contributed by atoms with E-state index in [2.05, 4.69) is 5.43 Å². The van der Waals surface area contributed by atoms with E-state index < -0.39 is 16.7 Å². The molecule has 0 atom stereocenters. The van der Waals surface area contributed by atoms with Gasteiger partial charge in [0, 0.05) is 16.7 Å². The van der Waals surface area contributed by atoms with Crippen LogP contribution >= 0.6 is 11.6 Å². The van der Waals surface area contributed by atoms with Crippen molar-refractivity contribution < 1.29 is 19.2 Å². The van der Waals surface area contributed by atoms with Gasteiger partial charge in [-0.3, -0.25) is 25.1 Å². The fourth-order valence-corrected chi connectivity index (χ4v) is 3.53. The first-order chi connectivity index (χ1) is 15.8. The number of rotatable bonds is 6. The number of nitro benzene ring substituents is 1. The number of nitrogens with zero attached hydrogens (tertiary/aromatic N) is 2. The highest BCUT2D eigenvalue weighted by molar-refractivity contribution is 6.32. The Morgan fingerprint density at radius 3 is 2.45 bits per heavy atom. The van der Waals surface area contributed by atoms with Crippen LogP contribution in [0.4, 0.5) is 11.4 Å². The van der Waals surface area contributed by atoms with Crippen LogP contribution in [0.25, 0.3) is 6.08 Å². The molecule has 0 radical (unpaired) electrons. The molecule has 1 saturated heterocycles. The van der Waals surface area contributed by atoms with Gasteiger partial charge >= 0.3 is 5.69 Å². The molecule has 0 bridgehead atoms. The van der Waals surface area contributed by atoms with Gasteiger partial charge in [-0.1, -0.05) is 59.6 Å². The molecular formula is C24H18ClN3O5. The van der Waals surface area contributed by atoms with Crippen molar-refractivity contribution in [2.45, 2.75) is 13.5 Å². The van der Waals surface area contributed by atoms with Crippen LogP contribution in [0.3, 0.4) is 0 Å². The Morgan fingerprint density at radius 1 is 1.09 bits per heavy atom. The van der Waals surface area contributed by atoms with Crippen LogP contribution in [0.5, 0.6) is 5.75 Å². The summed E-state index contributed by atoms with van der Waals surface area (Å²) in [6.07, 6.45) is 1.25. The van der Waals surface area contributed by atoms with Crippen LogP contribution < -0.4 is 15.2 Å². The van der Waals surface area contributed by atoms with Crippen molar-refractivity contribution in [2.75, 3.05) is 5.01 Å². The lowest BCUT2D eigenvalue weighted by Crippen LogP contribution is -2.35. The van der Waals surface area contributed by atoms with Crippen molar-refractivity contribution in [1.29, 1.82) is 0 Å². The second kappa shape index (κ2) is 9.13. The molecule has 166 valence electrons. The molecule has 1 N–H and O–H groups in total. The van der Waals surface area contributed by atoms with Crippen molar-refractivity contribution in [3.05, 3.63) is 104 Å². The summed E-state index contributed by atoms with van der Waals surface area (Å²) in [6, 6.07) is 18.7. The number of hydrogen-bond donors (Lipinski definition) is 1. The topological polar surface area (TPSA) is 102 Å². The van der Waals surface area contributed by atoms with Crippen LogP contribution in [0, 0.1) is 17.0 Å². The van der Waals surface area contributed by atoms with E-state index in [9.17, 15) is 19.7 Å². The predicted molar refractivity (Wildman–Crippen MR) is 124 cm³/mol. The minimum atomic E-state index is -0.643. The molecule has 1 heterocycles. The van der Waals surface area contributed by atoms with E-state index in [0.717, 1.165) is 16.1 Å². The first kappa shape index (κ1) is 22.0. The number of benzene rings is 3. The lowest BCUT2D eigenvalue weighted by atomic mass is 10.1. The Hall–Kier alpha value is -4.17. The summed E-state index contributed by atoms with van der Waals surface area (Å²) in [7, 11) is 0. The monoisotopic (exact) mass is 463 g/mol. The molecule has 0 spiro atoms. The van der Waals surface area contributed by atoms with Gasteiger partial charge in [0.05, 0.1) is 10.6 Å². The fourth-order valence-electron chi connectivity index (χ4n) is 3.31. The van der Waals surface area contributed by atoms with Gasteiger partial charge in [-0.25, -0.2) is 5.01 Å². The standard InChI is InChI=1S/C24H18ClN3O5/c1-15-7-9-16(10-8-15)14-33-22-17(11-18(25)13-21(22)28(31)32)12-20-23(29)26-27(24(20)30)19-5-3-2-4-6-19/h2-13H,14H2,1H3,(H,26,29). The van der Waals surface area contributed by atoms with Crippen molar-refractivity contribution in [1.82, 2.24) is 5.43 Å². The van der Waals surface area contributed by atoms with Crippen LogP contribution in [0.1, 0.15) is 16.7 Å². The number of amides is 2. The maximum absolute atomic E-state index is 12.9. The zero-order chi connectivity index (χ0) is 23.5. The van der Waals surface area contributed by atoms with E-state index in [1.54, 1.807) is 30.3 Å². The van der Waals surface area contributed by atoms with E-state index in [1.807, 2.05) is 31.2 Å². The van der Waals surface area contributed by atoms with E-state index in [-0.39, 0.29) is 34.2 Å². The first-order valence-corrected chi connectivity index (χ1v) is 10.3. The van der Waals surface area contributed by atoms with Crippen molar-refractivity contribution in [3.63, 3.8) is 0 Å². The highest BCUT2D eigenvalue weighted by atomic mass is 35.5. The van der Waals surface area contributed by atoms with E-state index in [4.69, 9.17) is 16.3 Å². The number of carbonyl (C=O) groups excluding carboxylic acids is 2. The Bertz CT molecular complexity index is 1270. The van der Waals surface area contributed by atoms with E-state index >= 15 is 0 Å². The molecule has 3 aromatic rings. The normalized spacial score (nSPS) is 14.5. The minimum Gasteiger partial charge on any atom is -0.482 e. The smallest absolute Gasteiger partial charge is 0.313 e. The number of carbonyl (C=O) groups is 2. The van der Waals surface area contributed by atoms with E-state index in [1.165, 1.54) is 18.2 Å². The maximum atomic E-state index is 12.9. The van der Waals surface area contributed by atoms with Crippen LogP contribution in [-0.4, -0.2) is 16.7 Å². The number of hydrogen-bond acceptors (Lipinski definition) is 5. The van der Waals surface area contributed by atoms with Gasteiger partial charge in [0.1, 0.15) is 12.2 Å². The molecule has 1 aliphatic heterocycles. The number of nitro groups is 1. The highest BCUT2D eigenvalue weighted by Crippen LogP contribution is 2.37. The molecular weight excluding hydrogens is 446 g/mol. The van der Waals surface area contributed by atoms with Gasteiger partial charge < -0.3 is 4.74 Å². The van der Waals surface area contributed by atoms with Gasteiger partial charge in [-0.05, 0) is 36.8 Å². The number of hydrazine groups is 1. The number of para-hydroxylation sites is 1. The first-order valence-electron chi connectivity index (χ1n) is 9.92. The lowest BCUT2D eigenvalue weighted by Gasteiger charge is -2.14. The summed E-state index contributed by atoms with van der Waals surface area (Å²) >= 11 is 6.10. The molecule has 9 heteroatoms. The average Bonchev–Trinajstić information content (AvgIpc) is 3.08. The Morgan fingerprint density at radius 2 is 1.79 bits per heavy atom. The van der Waals surface area contributed by atoms with Gasteiger partial charge in [0.2, 0.25) is 5.75 Å². The van der Waals surface area contributed by atoms with Crippen molar-refractivity contribution in [3.8, 4) is 5.75 Å². The van der Waals surface area contributed by atoms with Crippen LogP contribution in [0.2, 0.25) is 5.02 Å². The SMILES string of the molecule is Cc1ccc(COc2c(C=C3C(=O)NN(c4ccccc4)C3=O)cc(Cl)cc2[N+](=O)[O-])cc1. The average molecular weight is 464 g/mol. The summed E-state index contributed by atoms with van der Waals surface area (Å²) < 4.78 is 5.80. The van der Waals surface area contributed by atoms with Gasteiger partial charge in [-0.2, -0.15) is 0 Å². The molecule has 3 aromatic carbocycles. The van der Waals surface area contributed by atoms with Crippen molar-refractivity contribution in [2.24, 2.45) is 0 Å². The van der Waals surface area contributed by atoms with Gasteiger partial charge in [-0.15, -0.1) is 0 Å². The molecule has 0 aliphatic carbocycles. The second-order valence-corrected chi connectivity index (χ2v) is 7.79. The molecule has 33 heavy (non-hydrogen) atoms. The molecule has 2 amide bonds. The maximum Gasteiger partial charge on any atom is 0.313 e. The summed E-state index contributed by atoms with van der Waals surface area (Å²) in [6.45, 7) is 2.00. The summed E-state index contributed by atoms with van der Waals surface area (Å²) in [5, 5.41) is 12.9. The zero-order valence-corrected chi connectivity index (χ0v) is 18.2. The number of halogens is 1. The van der Waals surface area contributed by atoms with Gasteiger partial charge in [0.15, 0.2) is 0 Å². The predicted octanol–water partition coefficient (Wildman–Crippen LogP) is 4.60. The Balaban J connectivity index is 1.72. The molecule has 4 rings (SSSR count). The van der Waals surface area contributed by atoms with Crippen LogP contribution in [0.15, 0.2) is 72.3 Å². The molecule has 0 aromatic heterocycles. The third kappa shape index (κ3) is 4.70. The summed E-state index contributed by atoms with van der Waals surface area (Å²) in [5.41, 5.74) is 4.42. The largest absolute Gasteiger partial charge is 0.482 e. The molecule has 8 nitrogen and oxygen atoms in total. The lowest BCUT2D eigenvalue weighted by molar-refractivity contribution is -0.385. The van der Waals surface area contributed by atoms with Crippen LogP contribution in [-0.2, 0) is 16.2 Å². The number of ether oxygens (including phenoxy) is 1. The Kier molecular flexibility index (Phi) is 6.10.